The van der Waals surface area contributed by atoms with Gasteiger partial charge in [-0.05, 0) is 51.1 Å². The quantitative estimate of drug-likeness (QED) is 0.753. The maximum absolute atomic E-state index is 11.8. The first-order valence-electron chi connectivity index (χ1n) is 5.86. The molecule has 0 atom stereocenters. The van der Waals surface area contributed by atoms with Crippen LogP contribution in [0.4, 0.5) is 5.69 Å². The predicted octanol–water partition coefficient (Wildman–Crippen LogP) is 2.50. The Bertz CT molecular complexity index is 489. The minimum Gasteiger partial charge on any atom is -0.320 e. The fourth-order valence-electron chi connectivity index (χ4n) is 1.48. The molecule has 0 fully saturated rings. The van der Waals surface area contributed by atoms with Crippen LogP contribution in [0, 0.1) is 6.92 Å². The van der Waals surface area contributed by atoms with E-state index in [1.807, 2.05) is 20.0 Å². The molecule has 1 rings (SSSR count). The van der Waals surface area contributed by atoms with Gasteiger partial charge in [-0.1, -0.05) is 22.0 Å². The van der Waals surface area contributed by atoms with Gasteiger partial charge in [-0.15, -0.1) is 0 Å². The zero-order valence-electron chi connectivity index (χ0n) is 10.7. The summed E-state index contributed by atoms with van der Waals surface area (Å²) in [7, 11) is -1.39. The van der Waals surface area contributed by atoms with E-state index in [2.05, 4.69) is 26.0 Å². The van der Waals surface area contributed by atoms with Crippen molar-refractivity contribution < 1.29 is 8.42 Å². The highest BCUT2D eigenvalue weighted by Crippen LogP contribution is 2.21. The second-order valence-corrected chi connectivity index (χ2v) is 6.89. The molecular weight excluding hydrogens is 316 g/mol. The Kier molecular flexibility index (Phi) is 6.11. The van der Waals surface area contributed by atoms with Crippen molar-refractivity contribution in [1.29, 1.82) is 0 Å². The number of sulfonamides is 1. The van der Waals surface area contributed by atoms with Gasteiger partial charge in [0, 0.05) is 10.2 Å². The Morgan fingerprint density at radius 3 is 2.61 bits per heavy atom. The van der Waals surface area contributed by atoms with E-state index in [1.165, 1.54) is 0 Å². The van der Waals surface area contributed by atoms with Crippen LogP contribution in [0.25, 0.3) is 0 Å². The summed E-state index contributed by atoms with van der Waals surface area (Å²) in [6.07, 6.45) is 1.51. The molecule has 6 heteroatoms. The van der Waals surface area contributed by atoms with Crippen molar-refractivity contribution in [2.24, 2.45) is 0 Å². The summed E-state index contributed by atoms with van der Waals surface area (Å²) in [6, 6.07) is 5.43. The SMILES string of the molecule is CNCCCCS(=O)(=O)Nc1ccc(C)c(Br)c1. The van der Waals surface area contributed by atoms with Crippen LogP contribution in [0.2, 0.25) is 0 Å². The molecule has 0 saturated heterocycles. The number of nitrogens with one attached hydrogen (secondary N) is 2. The van der Waals surface area contributed by atoms with E-state index in [-0.39, 0.29) is 5.75 Å². The normalized spacial score (nSPS) is 11.5. The highest BCUT2D eigenvalue weighted by atomic mass is 79.9. The third-order valence-corrected chi connectivity index (χ3v) is 4.76. The van der Waals surface area contributed by atoms with Crippen molar-refractivity contribution in [3.8, 4) is 0 Å². The average molecular weight is 335 g/mol. The molecule has 0 bridgehead atoms. The minimum atomic E-state index is -3.24. The summed E-state index contributed by atoms with van der Waals surface area (Å²) in [6.45, 7) is 2.80. The molecule has 18 heavy (non-hydrogen) atoms. The standard InChI is InChI=1S/C12H19BrN2O2S/c1-10-5-6-11(9-12(10)13)15-18(16,17)8-4-3-7-14-2/h5-6,9,14-15H,3-4,7-8H2,1-2H3. The number of benzene rings is 1. The lowest BCUT2D eigenvalue weighted by Gasteiger charge is -2.09. The molecule has 1 aromatic rings. The Morgan fingerprint density at radius 2 is 2.00 bits per heavy atom. The van der Waals surface area contributed by atoms with Gasteiger partial charge in [-0.2, -0.15) is 0 Å². The first-order chi connectivity index (χ1) is 8.44. The zero-order valence-corrected chi connectivity index (χ0v) is 13.1. The second kappa shape index (κ2) is 7.11. The molecule has 0 aliphatic carbocycles. The second-order valence-electron chi connectivity index (χ2n) is 4.20. The topological polar surface area (TPSA) is 58.2 Å². The van der Waals surface area contributed by atoms with Crippen LogP contribution < -0.4 is 10.0 Å². The van der Waals surface area contributed by atoms with Crippen molar-refractivity contribution >= 4 is 31.6 Å². The minimum absolute atomic E-state index is 0.153. The van der Waals surface area contributed by atoms with Gasteiger partial charge in [-0.25, -0.2) is 8.42 Å². The van der Waals surface area contributed by atoms with Gasteiger partial charge in [0.15, 0.2) is 0 Å². The summed E-state index contributed by atoms with van der Waals surface area (Å²) in [5, 5.41) is 3.00. The monoisotopic (exact) mass is 334 g/mol. The molecule has 0 heterocycles. The van der Waals surface area contributed by atoms with E-state index in [0.717, 1.165) is 23.0 Å². The molecule has 0 aliphatic rings. The van der Waals surface area contributed by atoms with E-state index in [0.29, 0.717) is 12.1 Å². The van der Waals surface area contributed by atoms with Gasteiger partial charge in [0.2, 0.25) is 10.0 Å². The third-order valence-electron chi connectivity index (χ3n) is 2.54. The lowest BCUT2D eigenvalue weighted by atomic mass is 10.2. The fraction of sp³-hybridized carbons (Fsp3) is 0.500. The lowest BCUT2D eigenvalue weighted by molar-refractivity contribution is 0.595. The van der Waals surface area contributed by atoms with Crippen molar-refractivity contribution in [3.05, 3.63) is 28.2 Å². The number of unbranched alkanes of at least 4 members (excludes halogenated alkanes) is 1. The van der Waals surface area contributed by atoms with Crippen LogP contribution in [0.1, 0.15) is 18.4 Å². The number of anilines is 1. The van der Waals surface area contributed by atoms with E-state index in [1.54, 1.807) is 12.1 Å². The molecular formula is C12H19BrN2O2S. The Hall–Kier alpha value is -0.590. The van der Waals surface area contributed by atoms with E-state index < -0.39 is 10.0 Å². The molecule has 0 aromatic heterocycles. The van der Waals surface area contributed by atoms with Crippen LogP contribution in [0.15, 0.2) is 22.7 Å². The molecule has 0 unspecified atom stereocenters. The van der Waals surface area contributed by atoms with Gasteiger partial charge in [-0.3, -0.25) is 4.72 Å². The Balaban J connectivity index is 2.56. The number of aryl methyl sites for hydroxylation is 1. The molecule has 0 radical (unpaired) electrons. The van der Waals surface area contributed by atoms with Gasteiger partial charge in [0.25, 0.3) is 0 Å². The third kappa shape index (κ3) is 5.37. The molecule has 0 saturated carbocycles. The average Bonchev–Trinajstić information content (AvgIpc) is 2.29. The summed E-state index contributed by atoms with van der Waals surface area (Å²) >= 11 is 3.38. The van der Waals surface area contributed by atoms with Crippen molar-refractivity contribution in [2.45, 2.75) is 19.8 Å². The van der Waals surface area contributed by atoms with Gasteiger partial charge < -0.3 is 5.32 Å². The summed E-state index contributed by atoms with van der Waals surface area (Å²) in [4.78, 5) is 0. The summed E-state index contributed by atoms with van der Waals surface area (Å²) < 4.78 is 27.1. The number of hydrogen-bond acceptors (Lipinski definition) is 3. The van der Waals surface area contributed by atoms with Gasteiger partial charge in [0.05, 0.1) is 5.75 Å². The number of hydrogen-bond donors (Lipinski definition) is 2. The van der Waals surface area contributed by atoms with Crippen LogP contribution in [-0.2, 0) is 10.0 Å². The molecule has 4 nitrogen and oxygen atoms in total. The highest BCUT2D eigenvalue weighted by molar-refractivity contribution is 9.10. The first kappa shape index (κ1) is 15.5. The number of halogens is 1. The molecule has 1 aromatic carbocycles. The molecule has 0 spiro atoms. The van der Waals surface area contributed by atoms with Crippen molar-refractivity contribution in [2.75, 3.05) is 24.1 Å². The largest absolute Gasteiger partial charge is 0.320 e. The van der Waals surface area contributed by atoms with E-state index >= 15 is 0 Å². The summed E-state index contributed by atoms with van der Waals surface area (Å²) in [5.41, 5.74) is 1.67. The van der Waals surface area contributed by atoms with Gasteiger partial charge in [0.1, 0.15) is 0 Å². The number of rotatable bonds is 7. The van der Waals surface area contributed by atoms with Crippen LogP contribution >= 0.6 is 15.9 Å². The van der Waals surface area contributed by atoms with Gasteiger partial charge >= 0.3 is 0 Å². The molecule has 0 aliphatic heterocycles. The Labute approximate surface area is 117 Å². The summed E-state index contributed by atoms with van der Waals surface area (Å²) in [5.74, 6) is 0.153. The maximum Gasteiger partial charge on any atom is 0.232 e. The maximum atomic E-state index is 11.8. The fourth-order valence-corrected chi connectivity index (χ4v) is 3.03. The van der Waals surface area contributed by atoms with E-state index in [9.17, 15) is 8.42 Å². The lowest BCUT2D eigenvalue weighted by Crippen LogP contribution is -2.18. The first-order valence-corrected chi connectivity index (χ1v) is 8.30. The Morgan fingerprint density at radius 1 is 1.28 bits per heavy atom. The van der Waals surface area contributed by atoms with E-state index in [4.69, 9.17) is 0 Å². The predicted molar refractivity (Wildman–Crippen MR) is 79.4 cm³/mol. The zero-order chi connectivity index (χ0) is 13.6. The van der Waals surface area contributed by atoms with Crippen molar-refractivity contribution in [1.82, 2.24) is 5.32 Å². The smallest absolute Gasteiger partial charge is 0.232 e. The molecule has 2 N–H and O–H groups in total. The van der Waals surface area contributed by atoms with Crippen LogP contribution in [0.3, 0.4) is 0 Å². The molecule has 0 amide bonds. The molecule has 102 valence electrons. The van der Waals surface area contributed by atoms with Crippen molar-refractivity contribution in [3.63, 3.8) is 0 Å². The highest BCUT2D eigenvalue weighted by Gasteiger charge is 2.10. The van der Waals surface area contributed by atoms with Crippen LogP contribution in [0.5, 0.6) is 0 Å². The van der Waals surface area contributed by atoms with Crippen LogP contribution in [-0.4, -0.2) is 27.8 Å².